The van der Waals surface area contributed by atoms with Crippen LogP contribution < -0.4 is 5.73 Å². The molecule has 0 radical (unpaired) electrons. The summed E-state index contributed by atoms with van der Waals surface area (Å²) >= 11 is 0. The van der Waals surface area contributed by atoms with E-state index in [-0.39, 0.29) is 0 Å². The van der Waals surface area contributed by atoms with Gasteiger partial charge in [-0.25, -0.2) is 0 Å². The lowest BCUT2D eigenvalue weighted by molar-refractivity contribution is 0.0182. The van der Waals surface area contributed by atoms with E-state index in [0.717, 1.165) is 12.6 Å². The monoisotopic (exact) mass is 225 g/mol. The van der Waals surface area contributed by atoms with Gasteiger partial charge < -0.3 is 5.73 Å². The highest BCUT2D eigenvalue weighted by molar-refractivity contribution is 4.93. The van der Waals surface area contributed by atoms with E-state index in [4.69, 9.17) is 5.73 Å². The summed E-state index contributed by atoms with van der Waals surface area (Å²) < 4.78 is 0. The average Bonchev–Trinajstić information content (AvgIpc) is 2.72. The SMILES string of the molecule is CC(CN)C(C)N1CC2CCCN2CC1C. The van der Waals surface area contributed by atoms with E-state index in [1.807, 2.05) is 0 Å². The molecule has 0 bridgehead atoms. The molecule has 2 saturated heterocycles. The molecule has 3 nitrogen and oxygen atoms in total. The highest BCUT2D eigenvalue weighted by Gasteiger charge is 2.36. The Labute approximate surface area is 100.0 Å². The van der Waals surface area contributed by atoms with Gasteiger partial charge in [0.1, 0.15) is 0 Å². The Morgan fingerprint density at radius 1 is 1.31 bits per heavy atom. The molecule has 2 rings (SSSR count). The lowest BCUT2D eigenvalue weighted by Gasteiger charge is -2.46. The van der Waals surface area contributed by atoms with Crippen molar-refractivity contribution in [3.63, 3.8) is 0 Å². The quantitative estimate of drug-likeness (QED) is 0.782. The number of rotatable bonds is 3. The van der Waals surface area contributed by atoms with E-state index in [9.17, 15) is 0 Å². The molecule has 2 aliphatic rings. The van der Waals surface area contributed by atoms with Gasteiger partial charge in [-0.05, 0) is 45.7 Å². The summed E-state index contributed by atoms with van der Waals surface area (Å²) in [4.78, 5) is 5.37. The van der Waals surface area contributed by atoms with Crippen LogP contribution in [0.1, 0.15) is 33.6 Å². The summed E-state index contributed by atoms with van der Waals surface area (Å²) in [6, 6.07) is 2.14. The van der Waals surface area contributed by atoms with Crippen LogP contribution in [0.3, 0.4) is 0 Å². The molecule has 94 valence electrons. The van der Waals surface area contributed by atoms with Crippen molar-refractivity contribution >= 4 is 0 Å². The Balaban J connectivity index is 1.99. The zero-order valence-electron chi connectivity index (χ0n) is 11.0. The normalized spacial score (nSPS) is 36.0. The molecular formula is C13H27N3. The molecule has 2 aliphatic heterocycles. The fraction of sp³-hybridized carbons (Fsp3) is 1.00. The van der Waals surface area contributed by atoms with Crippen LogP contribution in [0.4, 0.5) is 0 Å². The van der Waals surface area contributed by atoms with Crippen molar-refractivity contribution in [2.24, 2.45) is 11.7 Å². The maximum Gasteiger partial charge on any atom is 0.0224 e. The van der Waals surface area contributed by atoms with E-state index in [2.05, 4.69) is 30.6 Å². The molecule has 3 heteroatoms. The van der Waals surface area contributed by atoms with Gasteiger partial charge in [0.2, 0.25) is 0 Å². The molecule has 16 heavy (non-hydrogen) atoms. The molecule has 0 spiro atoms. The number of hydrogen-bond acceptors (Lipinski definition) is 3. The Morgan fingerprint density at radius 2 is 2.06 bits per heavy atom. The number of hydrogen-bond donors (Lipinski definition) is 1. The highest BCUT2D eigenvalue weighted by Crippen LogP contribution is 2.27. The molecule has 4 unspecified atom stereocenters. The Kier molecular flexibility index (Phi) is 3.88. The van der Waals surface area contributed by atoms with Crippen LogP contribution >= 0.6 is 0 Å². The molecule has 0 saturated carbocycles. The van der Waals surface area contributed by atoms with Crippen LogP contribution in [0.2, 0.25) is 0 Å². The molecule has 2 heterocycles. The van der Waals surface area contributed by atoms with E-state index in [1.165, 1.54) is 32.5 Å². The second kappa shape index (κ2) is 5.03. The fourth-order valence-electron chi connectivity index (χ4n) is 3.30. The van der Waals surface area contributed by atoms with Crippen LogP contribution in [-0.2, 0) is 0 Å². The van der Waals surface area contributed by atoms with Crippen LogP contribution in [-0.4, -0.2) is 54.1 Å². The van der Waals surface area contributed by atoms with Gasteiger partial charge in [-0.1, -0.05) is 6.92 Å². The van der Waals surface area contributed by atoms with Gasteiger partial charge in [0.05, 0.1) is 0 Å². The van der Waals surface area contributed by atoms with Crippen LogP contribution in [0.5, 0.6) is 0 Å². The van der Waals surface area contributed by atoms with E-state index >= 15 is 0 Å². The van der Waals surface area contributed by atoms with Gasteiger partial charge in [0.25, 0.3) is 0 Å². The molecule has 0 aromatic carbocycles. The minimum Gasteiger partial charge on any atom is -0.330 e. The summed E-state index contributed by atoms with van der Waals surface area (Å²) in [5, 5.41) is 0. The van der Waals surface area contributed by atoms with Crippen molar-refractivity contribution in [2.45, 2.75) is 51.7 Å². The Bertz CT molecular complexity index is 231. The number of nitrogens with two attached hydrogens (primary N) is 1. The Hall–Kier alpha value is -0.120. The number of nitrogens with zero attached hydrogens (tertiary/aromatic N) is 2. The second-order valence-electron chi connectivity index (χ2n) is 5.79. The van der Waals surface area contributed by atoms with E-state index in [1.54, 1.807) is 0 Å². The topological polar surface area (TPSA) is 32.5 Å². The van der Waals surface area contributed by atoms with Crippen molar-refractivity contribution in [2.75, 3.05) is 26.2 Å². The first-order valence-corrected chi connectivity index (χ1v) is 6.83. The summed E-state index contributed by atoms with van der Waals surface area (Å²) in [5.74, 6) is 0.607. The second-order valence-corrected chi connectivity index (χ2v) is 5.79. The van der Waals surface area contributed by atoms with Crippen molar-refractivity contribution in [1.82, 2.24) is 9.80 Å². The fourth-order valence-corrected chi connectivity index (χ4v) is 3.30. The van der Waals surface area contributed by atoms with Gasteiger partial charge in [-0.3, -0.25) is 9.80 Å². The van der Waals surface area contributed by atoms with Crippen molar-refractivity contribution in [3.05, 3.63) is 0 Å². The van der Waals surface area contributed by atoms with Crippen LogP contribution in [0.25, 0.3) is 0 Å². The van der Waals surface area contributed by atoms with Gasteiger partial charge in [0.15, 0.2) is 0 Å². The smallest absolute Gasteiger partial charge is 0.0224 e. The first-order valence-electron chi connectivity index (χ1n) is 6.83. The largest absolute Gasteiger partial charge is 0.330 e. The van der Waals surface area contributed by atoms with Crippen molar-refractivity contribution in [3.8, 4) is 0 Å². The molecule has 0 amide bonds. The zero-order valence-corrected chi connectivity index (χ0v) is 11.0. The highest BCUT2D eigenvalue weighted by atomic mass is 15.3. The van der Waals surface area contributed by atoms with Crippen LogP contribution in [0, 0.1) is 5.92 Å². The molecule has 0 aliphatic carbocycles. The van der Waals surface area contributed by atoms with Crippen molar-refractivity contribution in [1.29, 1.82) is 0 Å². The molecular weight excluding hydrogens is 198 g/mol. The summed E-state index contributed by atoms with van der Waals surface area (Å²) in [6.45, 7) is 11.6. The lowest BCUT2D eigenvalue weighted by atomic mass is 9.97. The first-order chi connectivity index (χ1) is 7.63. The number of fused-ring (bicyclic) bond motifs is 1. The predicted octanol–water partition coefficient (Wildman–Crippen LogP) is 1.14. The maximum atomic E-state index is 5.79. The summed E-state index contributed by atoms with van der Waals surface area (Å²) in [7, 11) is 0. The third-order valence-electron chi connectivity index (χ3n) is 4.70. The van der Waals surface area contributed by atoms with Gasteiger partial charge in [0, 0.05) is 31.2 Å². The average molecular weight is 225 g/mol. The van der Waals surface area contributed by atoms with Gasteiger partial charge in [-0.15, -0.1) is 0 Å². The minimum atomic E-state index is 0.607. The third-order valence-corrected chi connectivity index (χ3v) is 4.70. The van der Waals surface area contributed by atoms with E-state index < -0.39 is 0 Å². The molecule has 2 N–H and O–H groups in total. The molecule has 0 aromatic heterocycles. The zero-order chi connectivity index (χ0) is 11.7. The van der Waals surface area contributed by atoms with Gasteiger partial charge >= 0.3 is 0 Å². The first kappa shape index (κ1) is 12.3. The minimum absolute atomic E-state index is 0.607. The Morgan fingerprint density at radius 3 is 2.75 bits per heavy atom. The number of piperazine rings is 1. The van der Waals surface area contributed by atoms with E-state index in [0.29, 0.717) is 18.0 Å². The lowest BCUT2D eigenvalue weighted by Crippen LogP contribution is -2.59. The summed E-state index contributed by atoms with van der Waals surface area (Å²) in [6.07, 6.45) is 2.79. The standard InChI is InChI=1S/C13H27N3/c1-10(7-14)12(3)16-9-13-5-4-6-15(13)8-11(16)2/h10-13H,4-9,14H2,1-3H3. The predicted molar refractivity (Wildman–Crippen MR) is 68.4 cm³/mol. The third kappa shape index (κ3) is 2.27. The van der Waals surface area contributed by atoms with Crippen LogP contribution in [0.15, 0.2) is 0 Å². The van der Waals surface area contributed by atoms with Gasteiger partial charge in [-0.2, -0.15) is 0 Å². The molecule has 2 fully saturated rings. The molecule has 4 atom stereocenters. The maximum absolute atomic E-state index is 5.79. The van der Waals surface area contributed by atoms with Crippen molar-refractivity contribution < 1.29 is 0 Å². The summed E-state index contributed by atoms with van der Waals surface area (Å²) in [5.41, 5.74) is 5.79. The molecule has 0 aromatic rings.